The summed E-state index contributed by atoms with van der Waals surface area (Å²) in [5, 5.41) is 6.69. The Morgan fingerprint density at radius 3 is 2.75 bits per heavy atom. The lowest BCUT2D eigenvalue weighted by molar-refractivity contribution is 0.0950. The molecule has 0 spiro atoms. The minimum absolute atomic E-state index is 0.186. The zero-order valence-electron chi connectivity index (χ0n) is 11.9. The summed E-state index contributed by atoms with van der Waals surface area (Å²) in [7, 11) is 0. The average molecular weight is 274 g/mol. The van der Waals surface area contributed by atoms with E-state index in [4.69, 9.17) is 10.3 Å². The van der Waals surface area contributed by atoms with Crippen molar-refractivity contribution in [2.24, 2.45) is 0 Å². The fourth-order valence-electron chi connectivity index (χ4n) is 1.95. The van der Waals surface area contributed by atoms with Crippen LogP contribution >= 0.6 is 0 Å². The molecular formula is C14H18N4O2. The number of nitrogens with zero attached hydrogens (tertiary/aromatic N) is 2. The molecule has 2 aromatic heterocycles. The molecule has 2 aromatic rings. The average Bonchev–Trinajstić information content (AvgIpc) is 2.74. The quantitative estimate of drug-likeness (QED) is 0.886. The maximum atomic E-state index is 12.1. The molecule has 0 saturated carbocycles. The van der Waals surface area contributed by atoms with Crippen LogP contribution in [0.5, 0.6) is 0 Å². The van der Waals surface area contributed by atoms with Crippen LogP contribution in [0.15, 0.2) is 16.7 Å². The van der Waals surface area contributed by atoms with Crippen LogP contribution in [0.1, 0.15) is 40.0 Å². The minimum atomic E-state index is -0.186. The number of carbonyl (C=O) groups excluding carboxylic acids is 1. The van der Waals surface area contributed by atoms with Crippen molar-refractivity contribution >= 4 is 11.7 Å². The van der Waals surface area contributed by atoms with Crippen molar-refractivity contribution in [2.45, 2.75) is 33.7 Å². The number of nitrogens with two attached hydrogens (primary N) is 1. The van der Waals surface area contributed by atoms with E-state index in [1.165, 1.54) is 0 Å². The number of rotatable bonds is 4. The zero-order valence-corrected chi connectivity index (χ0v) is 11.9. The van der Waals surface area contributed by atoms with Crippen molar-refractivity contribution in [2.75, 3.05) is 5.73 Å². The van der Waals surface area contributed by atoms with Crippen molar-refractivity contribution in [3.8, 4) is 0 Å². The van der Waals surface area contributed by atoms with Crippen LogP contribution < -0.4 is 11.1 Å². The second-order valence-corrected chi connectivity index (χ2v) is 4.61. The van der Waals surface area contributed by atoms with Crippen LogP contribution in [0.25, 0.3) is 0 Å². The molecule has 6 nitrogen and oxygen atoms in total. The first-order valence-electron chi connectivity index (χ1n) is 6.47. The van der Waals surface area contributed by atoms with Gasteiger partial charge in [-0.2, -0.15) is 0 Å². The van der Waals surface area contributed by atoms with Gasteiger partial charge >= 0.3 is 0 Å². The highest BCUT2D eigenvalue weighted by Gasteiger charge is 2.12. The summed E-state index contributed by atoms with van der Waals surface area (Å²) in [5.41, 5.74) is 8.69. The third-order valence-corrected chi connectivity index (χ3v) is 3.13. The largest absolute Gasteiger partial charge is 0.384 e. The summed E-state index contributed by atoms with van der Waals surface area (Å²) < 4.78 is 5.06. The number of anilines is 1. The number of nitrogens with one attached hydrogen (secondary N) is 1. The highest BCUT2D eigenvalue weighted by atomic mass is 16.5. The van der Waals surface area contributed by atoms with Crippen molar-refractivity contribution in [1.29, 1.82) is 0 Å². The summed E-state index contributed by atoms with van der Waals surface area (Å²) in [6.45, 7) is 6.01. The summed E-state index contributed by atoms with van der Waals surface area (Å²) in [4.78, 5) is 16.3. The van der Waals surface area contributed by atoms with E-state index in [9.17, 15) is 4.79 Å². The Morgan fingerprint density at radius 1 is 1.40 bits per heavy atom. The predicted octanol–water partition coefficient (Wildman–Crippen LogP) is 1.76. The van der Waals surface area contributed by atoms with Gasteiger partial charge in [-0.3, -0.25) is 4.79 Å². The zero-order chi connectivity index (χ0) is 14.7. The van der Waals surface area contributed by atoms with Crippen LogP contribution in [0.2, 0.25) is 0 Å². The molecule has 0 aliphatic heterocycles. The lowest BCUT2D eigenvalue weighted by Gasteiger charge is -2.07. The van der Waals surface area contributed by atoms with Crippen molar-refractivity contribution < 1.29 is 9.32 Å². The van der Waals surface area contributed by atoms with Gasteiger partial charge in [-0.1, -0.05) is 12.1 Å². The van der Waals surface area contributed by atoms with E-state index in [0.29, 0.717) is 23.7 Å². The van der Waals surface area contributed by atoms with Gasteiger partial charge in [0.15, 0.2) is 0 Å². The Labute approximate surface area is 117 Å². The molecule has 6 heteroatoms. The van der Waals surface area contributed by atoms with Crippen LogP contribution in [0, 0.1) is 13.8 Å². The van der Waals surface area contributed by atoms with Gasteiger partial charge in [0.1, 0.15) is 11.6 Å². The Balaban J connectivity index is 2.11. The standard InChI is InChI=1S/C14H18N4O2/c1-4-11-5-10(6-13(15)17-11)14(19)16-7-12-8(2)18-20-9(12)3/h5-6H,4,7H2,1-3H3,(H2,15,17)(H,16,19). The van der Waals surface area contributed by atoms with Gasteiger partial charge in [0, 0.05) is 23.4 Å². The van der Waals surface area contributed by atoms with Gasteiger partial charge < -0.3 is 15.6 Å². The number of pyridine rings is 1. The number of aromatic nitrogens is 2. The van der Waals surface area contributed by atoms with Crippen LogP contribution in [-0.2, 0) is 13.0 Å². The number of hydrogen-bond donors (Lipinski definition) is 2. The first kappa shape index (κ1) is 14.0. The first-order valence-corrected chi connectivity index (χ1v) is 6.47. The number of aryl methyl sites for hydroxylation is 3. The molecule has 0 aromatic carbocycles. The summed E-state index contributed by atoms with van der Waals surface area (Å²) >= 11 is 0. The molecule has 20 heavy (non-hydrogen) atoms. The van der Waals surface area contributed by atoms with Gasteiger partial charge in [0.05, 0.1) is 5.69 Å². The van der Waals surface area contributed by atoms with Crippen LogP contribution in [-0.4, -0.2) is 16.0 Å². The van der Waals surface area contributed by atoms with Crippen molar-refractivity contribution in [3.63, 3.8) is 0 Å². The number of amides is 1. The maximum Gasteiger partial charge on any atom is 0.251 e. The van der Waals surface area contributed by atoms with Gasteiger partial charge in [0.2, 0.25) is 0 Å². The van der Waals surface area contributed by atoms with Gasteiger partial charge in [0.25, 0.3) is 5.91 Å². The predicted molar refractivity (Wildman–Crippen MR) is 75.2 cm³/mol. The molecule has 2 rings (SSSR count). The third-order valence-electron chi connectivity index (χ3n) is 3.13. The Hall–Kier alpha value is -2.37. The molecule has 0 aliphatic carbocycles. The molecule has 0 atom stereocenters. The van der Waals surface area contributed by atoms with E-state index >= 15 is 0 Å². The molecule has 0 aliphatic rings. The Morgan fingerprint density at radius 2 is 2.15 bits per heavy atom. The van der Waals surface area contributed by atoms with Gasteiger partial charge in [-0.25, -0.2) is 4.98 Å². The highest BCUT2D eigenvalue weighted by molar-refractivity contribution is 5.94. The molecule has 1 amide bonds. The lowest BCUT2D eigenvalue weighted by atomic mass is 10.1. The monoisotopic (exact) mass is 274 g/mol. The van der Waals surface area contributed by atoms with E-state index in [2.05, 4.69) is 15.5 Å². The molecule has 0 bridgehead atoms. The molecule has 2 heterocycles. The molecule has 0 unspecified atom stereocenters. The number of nitrogen functional groups attached to an aromatic ring is 1. The van der Waals surface area contributed by atoms with Gasteiger partial charge in [-0.15, -0.1) is 0 Å². The fourth-order valence-corrected chi connectivity index (χ4v) is 1.95. The molecular weight excluding hydrogens is 256 g/mol. The summed E-state index contributed by atoms with van der Waals surface area (Å²) in [6.07, 6.45) is 0.731. The lowest BCUT2D eigenvalue weighted by Crippen LogP contribution is -2.23. The maximum absolute atomic E-state index is 12.1. The SMILES string of the molecule is CCc1cc(C(=O)NCc2c(C)noc2C)cc(N)n1. The normalized spacial score (nSPS) is 10.6. The smallest absolute Gasteiger partial charge is 0.251 e. The number of hydrogen-bond acceptors (Lipinski definition) is 5. The molecule has 0 radical (unpaired) electrons. The van der Waals surface area contributed by atoms with E-state index in [1.807, 2.05) is 20.8 Å². The Bertz CT molecular complexity index is 615. The third kappa shape index (κ3) is 2.96. The molecule has 3 N–H and O–H groups in total. The van der Waals surface area contributed by atoms with E-state index in [0.717, 1.165) is 23.4 Å². The van der Waals surface area contributed by atoms with Crippen molar-refractivity contribution in [1.82, 2.24) is 15.5 Å². The topological polar surface area (TPSA) is 94.0 Å². The van der Waals surface area contributed by atoms with E-state index < -0.39 is 0 Å². The second kappa shape index (κ2) is 5.73. The molecule has 0 fully saturated rings. The highest BCUT2D eigenvalue weighted by Crippen LogP contribution is 2.13. The van der Waals surface area contributed by atoms with Crippen LogP contribution in [0.3, 0.4) is 0 Å². The Kier molecular flexibility index (Phi) is 4.02. The second-order valence-electron chi connectivity index (χ2n) is 4.61. The van der Waals surface area contributed by atoms with E-state index in [1.54, 1.807) is 12.1 Å². The fraction of sp³-hybridized carbons (Fsp3) is 0.357. The van der Waals surface area contributed by atoms with Crippen LogP contribution in [0.4, 0.5) is 5.82 Å². The number of carbonyl (C=O) groups is 1. The van der Waals surface area contributed by atoms with E-state index in [-0.39, 0.29) is 5.91 Å². The molecule has 106 valence electrons. The van der Waals surface area contributed by atoms with Crippen molar-refractivity contribution in [3.05, 3.63) is 40.4 Å². The summed E-state index contributed by atoms with van der Waals surface area (Å²) in [5.74, 6) is 0.881. The molecule has 0 saturated heterocycles. The van der Waals surface area contributed by atoms with Gasteiger partial charge in [-0.05, 0) is 32.4 Å². The first-order chi connectivity index (χ1) is 9.51. The minimum Gasteiger partial charge on any atom is -0.384 e. The summed E-state index contributed by atoms with van der Waals surface area (Å²) in [6, 6.07) is 3.32.